The van der Waals surface area contributed by atoms with Gasteiger partial charge in [0, 0.05) is 34.0 Å². The molecule has 292 valence electrons. The monoisotopic (exact) mass is 774 g/mol. The fourth-order valence-electron chi connectivity index (χ4n) is 8.84. The number of rotatable bonds is 10. The Morgan fingerprint density at radius 1 is 0.574 bits per heavy atom. The lowest BCUT2D eigenvalue weighted by atomic mass is 9.69. The standard InChI is InChI=1S/2C22H29NO3S/c2*1-3-5-13-22(4-2)15-27(25,26)19-12-11-17(23)14-18(19)20(21(22)24)16-9-7-6-8-10-16/h2*6-12,14,20-21,24H,3-5,13,15,23H2,1-2H3/t20-,21?,22+;20-,21?,22-/m01/s1. The van der Waals surface area contributed by atoms with E-state index in [1.165, 1.54) is 0 Å². The molecule has 4 aromatic carbocycles. The zero-order chi connectivity index (χ0) is 39.3. The summed E-state index contributed by atoms with van der Waals surface area (Å²) in [5, 5.41) is 23.2. The molecular formula is C44H58N2O6S2. The van der Waals surface area contributed by atoms with E-state index in [-0.39, 0.29) is 11.5 Å². The van der Waals surface area contributed by atoms with E-state index in [9.17, 15) is 27.0 Å². The molecule has 8 nitrogen and oxygen atoms in total. The van der Waals surface area contributed by atoms with Gasteiger partial charge >= 0.3 is 0 Å². The van der Waals surface area contributed by atoms with E-state index in [1.807, 2.05) is 74.5 Å². The molecule has 0 saturated heterocycles. The van der Waals surface area contributed by atoms with Crippen molar-refractivity contribution < 1.29 is 27.0 Å². The summed E-state index contributed by atoms with van der Waals surface area (Å²) < 4.78 is 53.2. The quantitative estimate of drug-likeness (QED) is 0.117. The Balaban J connectivity index is 0.000000208. The van der Waals surface area contributed by atoms with Gasteiger partial charge in [-0.2, -0.15) is 0 Å². The van der Waals surface area contributed by atoms with E-state index in [0.717, 1.165) is 36.8 Å². The molecule has 10 heteroatoms. The Hall–Kier alpha value is -3.70. The average Bonchev–Trinajstić information content (AvgIpc) is 3.27. The molecule has 4 aromatic rings. The van der Waals surface area contributed by atoms with Crippen LogP contribution in [0, 0.1) is 10.8 Å². The number of aliphatic hydroxyl groups excluding tert-OH is 2. The molecule has 6 atom stereocenters. The Morgan fingerprint density at radius 2 is 0.926 bits per heavy atom. The van der Waals surface area contributed by atoms with E-state index >= 15 is 0 Å². The second-order valence-electron chi connectivity index (χ2n) is 15.4. The number of hydrogen-bond acceptors (Lipinski definition) is 8. The highest BCUT2D eigenvalue weighted by Gasteiger charge is 2.50. The van der Waals surface area contributed by atoms with Crippen LogP contribution in [0.4, 0.5) is 11.4 Å². The van der Waals surface area contributed by atoms with E-state index in [4.69, 9.17) is 11.5 Å². The van der Waals surface area contributed by atoms with Gasteiger partial charge in [-0.15, -0.1) is 0 Å². The third kappa shape index (κ3) is 8.27. The molecule has 0 bridgehead atoms. The number of anilines is 2. The molecule has 0 fully saturated rings. The lowest BCUT2D eigenvalue weighted by Crippen LogP contribution is -2.42. The van der Waals surface area contributed by atoms with Crippen LogP contribution in [-0.4, -0.2) is 50.8 Å². The molecule has 0 saturated carbocycles. The molecule has 6 N–H and O–H groups in total. The molecule has 2 aliphatic rings. The first-order valence-electron chi connectivity index (χ1n) is 19.4. The van der Waals surface area contributed by atoms with Crippen molar-refractivity contribution in [2.75, 3.05) is 23.0 Å². The summed E-state index contributed by atoms with van der Waals surface area (Å²) in [4.78, 5) is 0.604. The van der Waals surface area contributed by atoms with Gasteiger partial charge in [-0.3, -0.25) is 0 Å². The minimum atomic E-state index is -3.53. The van der Waals surface area contributed by atoms with Crippen molar-refractivity contribution in [3.63, 3.8) is 0 Å². The smallest absolute Gasteiger partial charge is 0.179 e. The average molecular weight is 775 g/mol. The van der Waals surface area contributed by atoms with Gasteiger partial charge in [-0.25, -0.2) is 16.8 Å². The highest BCUT2D eigenvalue weighted by atomic mass is 32.2. The van der Waals surface area contributed by atoms with Gasteiger partial charge in [-0.05, 0) is 84.3 Å². The van der Waals surface area contributed by atoms with Crippen LogP contribution in [0.15, 0.2) is 107 Å². The summed E-state index contributed by atoms with van der Waals surface area (Å²) in [6, 6.07) is 29.3. The largest absolute Gasteiger partial charge is 0.399 e. The van der Waals surface area contributed by atoms with E-state index < -0.39 is 54.5 Å². The SMILES string of the molecule is CCCC[C@]1(CC)CS(=O)(=O)c2ccc(N)cc2[C@@H](c2ccccc2)C1O.CCCC[C@]1(CC)CS(=O)(=O)c2ccc(N)cc2[C@H](c2ccccc2)C1O. The number of nitrogens with two attached hydrogens (primary N) is 2. The normalized spacial score (nSPS) is 26.9. The van der Waals surface area contributed by atoms with Gasteiger partial charge < -0.3 is 21.7 Å². The predicted octanol–water partition coefficient (Wildman–Crippen LogP) is 8.27. The molecule has 54 heavy (non-hydrogen) atoms. The first-order valence-corrected chi connectivity index (χ1v) is 22.7. The van der Waals surface area contributed by atoms with Crippen LogP contribution in [0.2, 0.25) is 0 Å². The second kappa shape index (κ2) is 17.0. The number of aliphatic hydroxyl groups is 2. The lowest BCUT2D eigenvalue weighted by molar-refractivity contribution is 0.0173. The van der Waals surface area contributed by atoms with Gasteiger partial charge in [0.25, 0.3) is 0 Å². The maximum Gasteiger partial charge on any atom is 0.179 e. The highest BCUT2D eigenvalue weighted by Crippen LogP contribution is 2.50. The molecule has 0 aromatic heterocycles. The Bertz CT molecular complexity index is 1940. The lowest BCUT2D eigenvalue weighted by Gasteiger charge is -2.39. The van der Waals surface area contributed by atoms with Crippen molar-refractivity contribution in [1.29, 1.82) is 0 Å². The molecule has 0 spiro atoms. The zero-order valence-electron chi connectivity index (χ0n) is 32.1. The number of hydrogen-bond donors (Lipinski definition) is 4. The molecular weight excluding hydrogens is 717 g/mol. The van der Waals surface area contributed by atoms with Gasteiger partial charge in [0.05, 0.1) is 33.5 Å². The maximum atomic E-state index is 13.3. The van der Waals surface area contributed by atoms with Crippen LogP contribution in [0.25, 0.3) is 0 Å². The van der Waals surface area contributed by atoms with Crippen molar-refractivity contribution in [1.82, 2.24) is 0 Å². The fraction of sp³-hybridized carbons (Fsp3) is 0.455. The Kier molecular flexibility index (Phi) is 13.0. The topological polar surface area (TPSA) is 161 Å². The molecule has 2 unspecified atom stereocenters. The maximum absolute atomic E-state index is 13.3. The Labute approximate surface area is 322 Å². The number of benzene rings is 4. The number of nitrogen functional groups attached to an aromatic ring is 2. The third-order valence-electron chi connectivity index (χ3n) is 12.0. The zero-order valence-corrected chi connectivity index (χ0v) is 33.7. The van der Waals surface area contributed by atoms with Crippen LogP contribution in [-0.2, 0) is 19.7 Å². The number of fused-ring (bicyclic) bond motifs is 2. The molecule has 6 rings (SSSR count). The van der Waals surface area contributed by atoms with E-state index in [0.29, 0.717) is 58.0 Å². The minimum absolute atomic E-state index is 0.0298. The van der Waals surface area contributed by atoms with Crippen molar-refractivity contribution in [2.24, 2.45) is 10.8 Å². The van der Waals surface area contributed by atoms with Crippen molar-refractivity contribution in [2.45, 2.75) is 113 Å². The first-order chi connectivity index (χ1) is 25.7. The summed E-state index contributed by atoms with van der Waals surface area (Å²) in [5.74, 6) is -0.895. The van der Waals surface area contributed by atoms with Crippen LogP contribution in [0.1, 0.15) is 113 Å². The molecule has 0 aliphatic carbocycles. The minimum Gasteiger partial charge on any atom is -0.399 e. The van der Waals surface area contributed by atoms with Gasteiger partial charge in [0.15, 0.2) is 19.7 Å². The van der Waals surface area contributed by atoms with Crippen molar-refractivity contribution in [3.05, 3.63) is 119 Å². The summed E-state index contributed by atoms with van der Waals surface area (Å²) in [6.07, 6.45) is 4.71. The summed E-state index contributed by atoms with van der Waals surface area (Å²) in [7, 11) is -7.07. The fourth-order valence-corrected chi connectivity index (χ4v) is 13.3. The summed E-state index contributed by atoms with van der Waals surface area (Å²) in [5.41, 5.74) is 14.7. The summed E-state index contributed by atoms with van der Waals surface area (Å²) >= 11 is 0. The van der Waals surface area contributed by atoms with Crippen LogP contribution in [0.5, 0.6) is 0 Å². The molecule has 2 heterocycles. The van der Waals surface area contributed by atoms with Crippen LogP contribution >= 0.6 is 0 Å². The van der Waals surface area contributed by atoms with Gasteiger partial charge in [0.1, 0.15) is 0 Å². The molecule has 2 aliphatic heterocycles. The van der Waals surface area contributed by atoms with E-state index in [2.05, 4.69) is 13.8 Å². The predicted molar refractivity (Wildman–Crippen MR) is 219 cm³/mol. The summed E-state index contributed by atoms with van der Waals surface area (Å²) in [6.45, 7) is 8.15. The number of unbranched alkanes of at least 4 members (excludes halogenated alkanes) is 2. The first kappa shape index (κ1) is 41.5. The molecule has 0 amide bonds. The van der Waals surface area contributed by atoms with E-state index in [1.54, 1.807) is 36.4 Å². The van der Waals surface area contributed by atoms with Crippen molar-refractivity contribution in [3.8, 4) is 0 Å². The highest BCUT2D eigenvalue weighted by molar-refractivity contribution is 7.91. The third-order valence-corrected chi connectivity index (χ3v) is 16.0. The van der Waals surface area contributed by atoms with Crippen LogP contribution < -0.4 is 11.5 Å². The van der Waals surface area contributed by atoms with Crippen molar-refractivity contribution >= 4 is 31.0 Å². The second-order valence-corrected chi connectivity index (χ2v) is 19.3. The Morgan fingerprint density at radius 3 is 1.24 bits per heavy atom. The molecule has 0 radical (unpaired) electrons. The van der Waals surface area contributed by atoms with Gasteiger partial charge in [0.2, 0.25) is 0 Å². The van der Waals surface area contributed by atoms with Gasteiger partial charge in [-0.1, -0.05) is 114 Å². The number of sulfone groups is 2. The van der Waals surface area contributed by atoms with Crippen LogP contribution in [0.3, 0.4) is 0 Å².